The monoisotopic (exact) mass is 366 g/mol. The number of rotatable bonds is 8. The van der Waals surface area contributed by atoms with E-state index in [-0.39, 0.29) is 5.92 Å². The van der Waals surface area contributed by atoms with Gasteiger partial charge < -0.3 is 19.7 Å². The van der Waals surface area contributed by atoms with E-state index < -0.39 is 5.79 Å². The quantitative estimate of drug-likeness (QED) is 0.505. The molecule has 0 radical (unpaired) electrons. The van der Waals surface area contributed by atoms with Gasteiger partial charge in [-0.05, 0) is 62.2 Å². The van der Waals surface area contributed by atoms with Gasteiger partial charge in [0.05, 0.1) is 24.4 Å². The zero-order valence-electron chi connectivity index (χ0n) is 16.8. The number of unbranched alkanes of at least 4 members (excludes halogenated alkanes) is 1. The van der Waals surface area contributed by atoms with E-state index in [1.807, 2.05) is 0 Å². The third-order valence-corrected chi connectivity index (χ3v) is 7.97. The van der Waals surface area contributed by atoms with Gasteiger partial charge in [0.25, 0.3) is 0 Å². The normalized spacial score (nSPS) is 45.6. The Balaban J connectivity index is 1.39. The lowest BCUT2D eigenvalue weighted by Gasteiger charge is -2.40. The molecule has 0 aromatic rings. The number of hydrogen-bond donors (Lipinski definition) is 2. The summed E-state index contributed by atoms with van der Waals surface area (Å²) in [5, 5.41) is 22.3. The Morgan fingerprint density at radius 1 is 0.885 bits per heavy atom. The average molecular weight is 367 g/mol. The smallest absolute Gasteiger partial charge is 0.165 e. The molecule has 4 rings (SSSR count). The molecular formula is C22H38O4. The highest BCUT2D eigenvalue weighted by Gasteiger charge is 2.51. The standard InChI is InChI=1S/C22H38O4/c1-4-5-6-17(9-15-10-20-18(25-20)7-13(15)2)22(23,24)12-16-11-21-19(26-21)8-14(16)3/h13-21,23-24H,4-12H2,1-3H3. The molecule has 0 aromatic heterocycles. The van der Waals surface area contributed by atoms with Crippen LogP contribution in [0, 0.1) is 29.6 Å². The van der Waals surface area contributed by atoms with Gasteiger partial charge in [0, 0.05) is 12.3 Å². The Morgan fingerprint density at radius 2 is 1.42 bits per heavy atom. The largest absolute Gasteiger partial charge is 0.370 e. The van der Waals surface area contributed by atoms with Crippen molar-refractivity contribution in [2.75, 3.05) is 0 Å². The van der Waals surface area contributed by atoms with Crippen molar-refractivity contribution in [3.63, 3.8) is 0 Å². The van der Waals surface area contributed by atoms with Crippen molar-refractivity contribution in [2.24, 2.45) is 29.6 Å². The number of aliphatic hydroxyl groups is 2. The first-order valence-electron chi connectivity index (χ1n) is 11.1. The molecule has 2 aliphatic carbocycles. The van der Waals surface area contributed by atoms with Crippen LogP contribution in [-0.2, 0) is 9.47 Å². The Hall–Kier alpha value is -0.160. The van der Waals surface area contributed by atoms with E-state index >= 15 is 0 Å². The molecule has 4 aliphatic rings. The molecule has 2 aliphatic heterocycles. The summed E-state index contributed by atoms with van der Waals surface area (Å²) in [6.07, 6.45) is 10.7. The van der Waals surface area contributed by atoms with Gasteiger partial charge in [-0.1, -0.05) is 33.6 Å². The summed E-state index contributed by atoms with van der Waals surface area (Å²) < 4.78 is 11.4. The summed E-state index contributed by atoms with van der Waals surface area (Å²) in [6, 6.07) is 0. The highest BCUT2D eigenvalue weighted by atomic mass is 16.6. The van der Waals surface area contributed by atoms with Gasteiger partial charge in [-0.15, -0.1) is 0 Å². The lowest BCUT2D eigenvalue weighted by Crippen LogP contribution is -2.43. The maximum atomic E-state index is 11.1. The number of fused-ring (bicyclic) bond motifs is 2. The van der Waals surface area contributed by atoms with Crippen LogP contribution in [0.25, 0.3) is 0 Å². The fraction of sp³-hybridized carbons (Fsp3) is 1.00. The molecule has 4 nitrogen and oxygen atoms in total. The fourth-order valence-electron chi connectivity index (χ4n) is 5.89. The first-order valence-corrected chi connectivity index (χ1v) is 11.1. The average Bonchev–Trinajstić information content (AvgIpc) is 3.47. The Kier molecular flexibility index (Phi) is 5.42. The molecule has 9 unspecified atom stereocenters. The van der Waals surface area contributed by atoms with E-state index in [1.54, 1.807) is 0 Å². The minimum Gasteiger partial charge on any atom is -0.370 e. The molecule has 0 spiro atoms. The molecule has 9 atom stereocenters. The minimum atomic E-state index is -1.54. The molecule has 2 N–H and O–H groups in total. The van der Waals surface area contributed by atoms with Crippen molar-refractivity contribution in [1.82, 2.24) is 0 Å². The molecule has 0 bridgehead atoms. The Labute approximate surface area is 158 Å². The summed E-state index contributed by atoms with van der Waals surface area (Å²) in [7, 11) is 0. The minimum absolute atomic E-state index is 0.0183. The summed E-state index contributed by atoms with van der Waals surface area (Å²) in [5.41, 5.74) is 0. The number of epoxide rings is 2. The molecular weight excluding hydrogens is 328 g/mol. The molecule has 4 fully saturated rings. The maximum absolute atomic E-state index is 11.1. The molecule has 26 heavy (non-hydrogen) atoms. The molecule has 2 heterocycles. The van der Waals surface area contributed by atoms with Crippen molar-refractivity contribution in [2.45, 2.75) is 109 Å². The van der Waals surface area contributed by atoms with Crippen LogP contribution in [0.1, 0.15) is 78.6 Å². The Morgan fingerprint density at radius 3 is 2.04 bits per heavy atom. The van der Waals surface area contributed by atoms with Crippen LogP contribution in [0.2, 0.25) is 0 Å². The number of hydrogen-bond acceptors (Lipinski definition) is 4. The second-order valence-electron chi connectivity index (χ2n) is 10.0. The number of ether oxygens (including phenoxy) is 2. The van der Waals surface area contributed by atoms with Crippen LogP contribution >= 0.6 is 0 Å². The van der Waals surface area contributed by atoms with Gasteiger partial charge >= 0.3 is 0 Å². The Bertz CT molecular complexity index is 493. The van der Waals surface area contributed by atoms with Crippen LogP contribution in [0.15, 0.2) is 0 Å². The summed E-state index contributed by atoms with van der Waals surface area (Å²) in [4.78, 5) is 0. The zero-order chi connectivity index (χ0) is 18.5. The van der Waals surface area contributed by atoms with Crippen LogP contribution in [-0.4, -0.2) is 40.4 Å². The van der Waals surface area contributed by atoms with E-state index in [9.17, 15) is 10.2 Å². The first-order chi connectivity index (χ1) is 12.4. The van der Waals surface area contributed by atoms with Gasteiger partial charge in [-0.3, -0.25) is 0 Å². The first kappa shape index (κ1) is 19.2. The topological polar surface area (TPSA) is 65.5 Å². The van der Waals surface area contributed by atoms with E-state index in [0.717, 1.165) is 51.4 Å². The molecule has 0 aromatic carbocycles. The molecule has 150 valence electrons. The SMILES string of the molecule is CCCCC(CC1CC2OC2CC1C)C(O)(O)CC1CC2OC2CC1C. The molecule has 4 heteroatoms. The van der Waals surface area contributed by atoms with E-state index in [2.05, 4.69) is 20.8 Å². The summed E-state index contributed by atoms with van der Waals surface area (Å²) in [5.74, 6) is 0.537. The van der Waals surface area contributed by atoms with Gasteiger partial charge in [0.2, 0.25) is 0 Å². The summed E-state index contributed by atoms with van der Waals surface area (Å²) in [6.45, 7) is 6.77. The van der Waals surface area contributed by atoms with Crippen molar-refractivity contribution in [1.29, 1.82) is 0 Å². The third kappa shape index (κ3) is 4.14. The molecule has 2 saturated carbocycles. The second-order valence-corrected chi connectivity index (χ2v) is 10.0. The van der Waals surface area contributed by atoms with Gasteiger partial charge in [-0.2, -0.15) is 0 Å². The second kappa shape index (κ2) is 7.35. The fourth-order valence-corrected chi connectivity index (χ4v) is 5.89. The predicted octanol–water partition coefficient (Wildman–Crippen LogP) is 3.88. The van der Waals surface area contributed by atoms with Crippen LogP contribution in [0.4, 0.5) is 0 Å². The summed E-state index contributed by atoms with van der Waals surface area (Å²) >= 11 is 0. The maximum Gasteiger partial charge on any atom is 0.165 e. The van der Waals surface area contributed by atoms with Gasteiger partial charge in [0.1, 0.15) is 0 Å². The van der Waals surface area contributed by atoms with Crippen molar-refractivity contribution in [3.8, 4) is 0 Å². The lowest BCUT2D eigenvalue weighted by molar-refractivity contribution is -0.221. The highest BCUT2D eigenvalue weighted by molar-refractivity contribution is 4.98. The lowest BCUT2D eigenvalue weighted by atomic mass is 9.70. The van der Waals surface area contributed by atoms with Gasteiger partial charge in [-0.25, -0.2) is 0 Å². The zero-order valence-corrected chi connectivity index (χ0v) is 16.8. The predicted molar refractivity (Wildman–Crippen MR) is 101 cm³/mol. The highest BCUT2D eigenvalue weighted by Crippen LogP contribution is 2.49. The van der Waals surface area contributed by atoms with E-state index in [1.165, 1.54) is 0 Å². The van der Waals surface area contributed by atoms with Crippen molar-refractivity contribution < 1.29 is 19.7 Å². The molecule has 2 saturated heterocycles. The van der Waals surface area contributed by atoms with E-state index in [0.29, 0.717) is 54.5 Å². The van der Waals surface area contributed by atoms with Crippen molar-refractivity contribution >= 4 is 0 Å². The van der Waals surface area contributed by atoms with Crippen molar-refractivity contribution in [3.05, 3.63) is 0 Å². The van der Waals surface area contributed by atoms with E-state index in [4.69, 9.17) is 9.47 Å². The van der Waals surface area contributed by atoms with Crippen LogP contribution in [0.3, 0.4) is 0 Å². The third-order valence-electron chi connectivity index (χ3n) is 7.97. The van der Waals surface area contributed by atoms with Gasteiger partial charge in [0.15, 0.2) is 5.79 Å². The van der Waals surface area contributed by atoms with Crippen LogP contribution in [0.5, 0.6) is 0 Å². The van der Waals surface area contributed by atoms with Crippen LogP contribution < -0.4 is 0 Å². The molecule has 0 amide bonds.